The molecule has 0 heterocycles. The molecule has 1 aromatic carbocycles. The maximum absolute atomic E-state index is 11.4. The number of benzene rings is 1. The minimum atomic E-state index is -5.11. The Kier molecular flexibility index (Phi) is 8.95. The lowest BCUT2D eigenvalue weighted by molar-refractivity contribution is -0.109. The van der Waals surface area contributed by atoms with Crippen molar-refractivity contribution in [3.63, 3.8) is 0 Å². The molecule has 1 unspecified atom stereocenters. The molecule has 13 heteroatoms. The molecule has 0 aliphatic carbocycles. The average Bonchev–Trinajstić information content (AvgIpc) is 2.44. The number of thioether (sulfide) groups is 1. The minimum absolute atomic E-state index is 0.152. The number of nitrogen functional groups attached to an aromatic ring is 1. The molecule has 0 aromatic heterocycles. The topological polar surface area (TPSA) is 177 Å². The van der Waals surface area contributed by atoms with Gasteiger partial charge in [0.25, 0.3) is 0 Å². The van der Waals surface area contributed by atoms with Gasteiger partial charge >= 0.3 is 15.6 Å². The van der Waals surface area contributed by atoms with Gasteiger partial charge in [0, 0.05) is 12.6 Å². The first-order chi connectivity index (χ1) is 11.9. The summed E-state index contributed by atoms with van der Waals surface area (Å²) in [6.45, 7) is 1.21. The van der Waals surface area contributed by atoms with Crippen LogP contribution in [0.2, 0.25) is 0 Å². The lowest BCUT2D eigenvalue weighted by Gasteiger charge is -2.26. The van der Waals surface area contributed by atoms with E-state index in [4.69, 9.17) is 25.3 Å². The smallest absolute Gasteiger partial charge is 0.399 e. The summed E-state index contributed by atoms with van der Waals surface area (Å²) in [5.74, 6) is 0. The zero-order valence-corrected chi connectivity index (χ0v) is 16.4. The summed E-state index contributed by atoms with van der Waals surface area (Å²) in [6.07, 6.45) is -0.815. The summed E-state index contributed by atoms with van der Waals surface area (Å²) >= 11 is 0.631. The van der Waals surface area contributed by atoms with Gasteiger partial charge in [-0.15, -0.1) is 0 Å². The third kappa shape index (κ3) is 10.4. The van der Waals surface area contributed by atoms with Crippen molar-refractivity contribution in [1.82, 2.24) is 0 Å². The van der Waals surface area contributed by atoms with E-state index in [0.717, 1.165) is 5.56 Å². The van der Waals surface area contributed by atoms with Gasteiger partial charge in [-0.3, -0.25) is 13.8 Å². The maximum Gasteiger partial charge on any atom is 0.471 e. The Morgan fingerprint density at radius 1 is 1.12 bits per heavy atom. The number of hydrogen-bond acceptors (Lipinski definition) is 7. The van der Waals surface area contributed by atoms with E-state index in [-0.39, 0.29) is 6.42 Å². The van der Waals surface area contributed by atoms with Crippen LogP contribution in [0.1, 0.15) is 25.3 Å². The van der Waals surface area contributed by atoms with Crippen LogP contribution < -0.4 is 5.73 Å². The molecule has 0 saturated carbocycles. The van der Waals surface area contributed by atoms with Gasteiger partial charge in [-0.1, -0.05) is 23.9 Å². The highest BCUT2D eigenvalue weighted by molar-refractivity contribution is 8.14. The molecule has 0 radical (unpaired) electrons. The third-order valence-electron chi connectivity index (χ3n) is 3.04. The quantitative estimate of drug-likeness (QED) is 0.208. The van der Waals surface area contributed by atoms with Gasteiger partial charge < -0.3 is 25.3 Å². The molecule has 6 N–H and O–H groups in total. The van der Waals surface area contributed by atoms with Crippen LogP contribution in [0.3, 0.4) is 0 Å². The van der Waals surface area contributed by atoms with E-state index in [1.807, 2.05) is 0 Å². The van der Waals surface area contributed by atoms with E-state index in [9.17, 15) is 13.9 Å². The SMILES string of the molecule is CC(=O)SC(CCCc1ccc(N)cc1)C(OP(=O)(O)O)OP(=O)(O)O. The number of hydrogen-bond donors (Lipinski definition) is 5. The summed E-state index contributed by atoms with van der Waals surface area (Å²) in [5.41, 5.74) is 7.13. The molecule has 0 spiro atoms. The maximum atomic E-state index is 11.4. The van der Waals surface area contributed by atoms with Crippen molar-refractivity contribution in [1.29, 1.82) is 0 Å². The predicted molar refractivity (Wildman–Crippen MR) is 95.9 cm³/mol. The van der Waals surface area contributed by atoms with Gasteiger partial charge in [-0.05, 0) is 37.0 Å². The highest BCUT2D eigenvalue weighted by Crippen LogP contribution is 2.47. The Morgan fingerprint density at radius 2 is 1.62 bits per heavy atom. The van der Waals surface area contributed by atoms with Crippen LogP contribution in [0.15, 0.2) is 24.3 Å². The number of nitrogens with two attached hydrogens (primary N) is 1. The Bertz CT molecular complexity index is 663. The van der Waals surface area contributed by atoms with E-state index in [1.165, 1.54) is 6.92 Å². The Morgan fingerprint density at radius 3 is 2.04 bits per heavy atom. The molecule has 1 atom stereocenters. The summed E-state index contributed by atoms with van der Waals surface area (Å²) in [4.78, 5) is 47.2. The predicted octanol–water partition coefficient (Wildman–Crippen LogP) is 1.78. The summed E-state index contributed by atoms with van der Waals surface area (Å²) in [6, 6.07) is 7.04. The first-order valence-electron chi connectivity index (χ1n) is 7.35. The van der Waals surface area contributed by atoms with Crippen LogP contribution in [-0.2, 0) is 29.4 Å². The number of carbonyl (C=O) groups excluding carboxylic acids is 1. The molecule has 0 saturated heterocycles. The Hall–Kier alpha value is -0.740. The number of aryl methyl sites for hydroxylation is 1. The number of rotatable bonds is 10. The van der Waals surface area contributed by atoms with Crippen LogP contribution in [0.4, 0.5) is 5.69 Å². The number of phosphoric acid groups is 2. The molecule has 0 fully saturated rings. The molecule has 0 aliphatic heterocycles. The standard InChI is InChI=1S/C13H21NO9P2S/c1-9(15)26-12(4-2-3-10-5-7-11(14)8-6-10)13(22-24(16,17)18)23-25(19,20)21/h5-8,12-13H,2-4,14H2,1H3,(H2,16,17,18)(H2,19,20,21). The number of phosphoric ester groups is 2. The van der Waals surface area contributed by atoms with Crippen LogP contribution in [-0.4, -0.2) is 36.2 Å². The van der Waals surface area contributed by atoms with Crippen LogP contribution >= 0.6 is 27.4 Å². The fourth-order valence-electron chi connectivity index (χ4n) is 2.08. The molecule has 0 aliphatic rings. The van der Waals surface area contributed by atoms with Gasteiger partial charge in [0.05, 0.1) is 5.25 Å². The lowest BCUT2D eigenvalue weighted by Crippen LogP contribution is -2.29. The van der Waals surface area contributed by atoms with E-state index in [0.29, 0.717) is 30.3 Å². The van der Waals surface area contributed by atoms with E-state index in [1.54, 1.807) is 24.3 Å². The minimum Gasteiger partial charge on any atom is -0.399 e. The number of carbonyl (C=O) groups is 1. The van der Waals surface area contributed by atoms with Gasteiger partial charge in [-0.25, -0.2) is 9.13 Å². The fourth-order valence-corrected chi connectivity index (χ4v) is 4.17. The first kappa shape index (κ1) is 23.3. The molecule has 1 rings (SSSR count). The molecule has 10 nitrogen and oxygen atoms in total. The van der Waals surface area contributed by atoms with Gasteiger partial charge in [0.1, 0.15) is 0 Å². The normalized spacial score (nSPS) is 13.8. The van der Waals surface area contributed by atoms with Crippen LogP contribution in [0.5, 0.6) is 0 Å². The summed E-state index contributed by atoms with van der Waals surface area (Å²) < 4.78 is 30.9. The van der Waals surface area contributed by atoms with E-state index in [2.05, 4.69) is 9.05 Å². The third-order valence-corrected chi connectivity index (χ3v) is 5.09. The summed E-state index contributed by atoms with van der Waals surface area (Å²) in [7, 11) is -10.2. The van der Waals surface area contributed by atoms with Crippen molar-refractivity contribution in [2.75, 3.05) is 5.73 Å². The van der Waals surface area contributed by atoms with Crippen LogP contribution in [0, 0.1) is 0 Å². The van der Waals surface area contributed by atoms with Gasteiger partial charge in [0.15, 0.2) is 11.4 Å². The molecular weight excluding hydrogens is 408 g/mol. The van der Waals surface area contributed by atoms with Crippen molar-refractivity contribution < 1.29 is 42.5 Å². The zero-order chi connectivity index (χ0) is 20.0. The monoisotopic (exact) mass is 429 g/mol. The van der Waals surface area contributed by atoms with Crippen molar-refractivity contribution in [2.45, 2.75) is 37.7 Å². The first-order valence-corrected chi connectivity index (χ1v) is 11.3. The molecule has 148 valence electrons. The molecule has 1 aromatic rings. The van der Waals surface area contributed by atoms with Gasteiger partial charge in [0.2, 0.25) is 0 Å². The molecular formula is C13H21NO9P2S. The van der Waals surface area contributed by atoms with Crippen molar-refractivity contribution >= 4 is 38.2 Å². The largest absolute Gasteiger partial charge is 0.471 e. The number of anilines is 1. The van der Waals surface area contributed by atoms with E-state index >= 15 is 0 Å². The molecule has 0 bridgehead atoms. The Labute approximate surface area is 154 Å². The second-order valence-electron chi connectivity index (χ2n) is 5.34. The van der Waals surface area contributed by atoms with Crippen molar-refractivity contribution in [2.24, 2.45) is 0 Å². The van der Waals surface area contributed by atoms with E-state index < -0.39 is 32.3 Å². The highest BCUT2D eigenvalue weighted by atomic mass is 32.2. The highest BCUT2D eigenvalue weighted by Gasteiger charge is 2.36. The van der Waals surface area contributed by atoms with Crippen molar-refractivity contribution in [3.05, 3.63) is 29.8 Å². The zero-order valence-electron chi connectivity index (χ0n) is 13.8. The second kappa shape index (κ2) is 9.98. The Balaban J connectivity index is 2.84. The van der Waals surface area contributed by atoms with Crippen LogP contribution in [0.25, 0.3) is 0 Å². The molecule has 0 amide bonds. The average molecular weight is 429 g/mol. The second-order valence-corrected chi connectivity index (χ2v) is 9.14. The van der Waals surface area contributed by atoms with Crippen molar-refractivity contribution in [3.8, 4) is 0 Å². The fraction of sp³-hybridized carbons (Fsp3) is 0.462. The summed E-state index contributed by atoms with van der Waals surface area (Å²) in [5, 5.41) is -1.45. The molecule has 26 heavy (non-hydrogen) atoms. The van der Waals surface area contributed by atoms with Gasteiger partial charge in [-0.2, -0.15) is 0 Å². The lowest BCUT2D eigenvalue weighted by atomic mass is 10.1.